The molecule has 4 aromatic rings. The second-order valence-electron chi connectivity index (χ2n) is 10.7. The molecule has 1 aliphatic heterocycles. The molecule has 204 valence electrons. The number of hydrogen-bond acceptors (Lipinski definition) is 5. The average Bonchev–Trinajstić information content (AvgIpc) is 3.34. The largest absolute Gasteiger partial charge is 0.500 e. The number of aromatic nitrogens is 1. The number of aromatic amines is 1. The Labute approximate surface area is 226 Å². The molecule has 0 saturated carbocycles. The summed E-state index contributed by atoms with van der Waals surface area (Å²) >= 11 is 0. The minimum atomic E-state index is -0.945. The second-order valence-corrected chi connectivity index (χ2v) is 10.7. The molecule has 6 nitrogen and oxygen atoms in total. The third-order valence-corrected chi connectivity index (χ3v) is 7.67. The highest BCUT2D eigenvalue weighted by molar-refractivity contribution is 6.65. The van der Waals surface area contributed by atoms with Crippen LogP contribution in [0.15, 0.2) is 48.5 Å². The molecule has 2 heterocycles. The van der Waals surface area contributed by atoms with Crippen molar-refractivity contribution in [2.75, 3.05) is 13.2 Å². The molecule has 0 spiro atoms. The summed E-state index contributed by atoms with van der Waals surface area (Å²) in [6.07, 6.45) is 1.04. The van der Waals surface area contributed by atoms with Crippen LogP contribution in [0.1, 0.15) is 57.1 Å². The van der Waals surface area contributed by atoms with Gasteiger partial charge in [-0.1, -0.05) is 12.1 Å². The van der Waals surface area contributed by atoms with Crippen LogP contribution in [0.4, 0.5) is 8.78 Å². The summed E-state index contributed by atoms with van der Waals surface area (Å²) in [5.41, 5.74) is 0.346. The van der Waals surface area contributed by atoms with Crippen LogP contribution in [0, 0.1) is 11.6 Å². The number of carbonyl (C=O) groups excluding carboxylic acids is 1. The number of benzene rings is 3. The van der Waals surface area contributed by atoms with Gasteiger partial charge in [0.2, 0.25) is 0 Å². The summed E-state index contributed by atoms with van der Waals surface area (Å²) in [6, 6.07) is 13.1. The van der Waals surface area contributed by atoms with Crippen LogP contribution >= 0.6 is 0 Å². The lowest BCUT2D eigenvalue weighted by Gasteiger charge is -2.32. The number of rotatable bonds is 8. The molecule has 0 bridgehead atoms. The van der Waals surface area contributed by atoms with E-state index in [9.17, 15) is 9.18 Å². The highest BCUT2D eigenvalue weighted by Gasteiger charge is 2.53. The Morgan fingerprint density at radius 3 is 2.44 bits per heavy atom. The first-order valence-electron chi connectivity index (χ1n) is 13.2. The summed E-state index contributed by atoms with van der Waals surface area (Å²) in [6.45, 7) is 9.92. The van der Waals surface area contributed by atoms with Gasteiger partial charge in [0, 0.05) is 21.8 Å². The Hall–Kier alpha value is -3.43. The molecule has 39 heavy (non-hydrogen) atoms. The van der Waals surface area contributed by atoms with Gasteiger partial charge in [0.15, 0.2) is 0 Å². The van der Waals surface area contributed by atoms with E-state index in [0.717, 1.165) is 10.8 Å². The number of nitrogens with one attached hydrogen (secondary N) is 1. The number of fused-ring (bicyclic) bond motifs is 2. The minimum Gasteiger partial charge on any atom is -0.493 e. The monoisotopic (exact) mass is 535 g/mol. The van der Waals surface area contributed by atoms with Crippen LogP contribution < -0.4 is 10.2 Å². The summed E-state index contributed by atoms with van der Waals surface area (Å²) in [5, 5.41) is 2.27. The van der Waals surface area contributed by atoms with Crippen LogP contribution in [0.25, 0.3) is 21.7 Å². The fourth-order valence-electron chi connectivity index (χ4n) is 4.93. The van der Waals surface area contributed by atoms with Gasteiger partial charge in [0.1, 0.15) is 23.1 Å². The first-order chi connectivity index (χ1) is 18.5. The van der Waals surface area contributed by atoms with Crippen molar-refractivity contribution in [3.8, 4) is 5.75 Å². The van der Waals surface area contributed by atoms with E-state index in [1.54, 1.807) is 19.1 Å². The molecule has 1 N–H and O–H groups in total. The van der Waals surface area contributed by atoms with Crippen LogP contribution in [-0.4, -0.2) is 42.5 Å². The van der Waals surface area contributed by atoms with E-state index in [1.807, 2.05) is 45.9 Å². The predicted molar refractivity (Wildman–Crippen MR) is 148 cm³/mol. The lowest BCUT2D eigenvalue weighted by atomic mass is 9.77. The van der Waals surface area contributed by atoms with Gasteiger partial charge < -0.3 is 23.8 Å². The van der Waals surface area contributed by atoms with Gasteiger partial charge in [-0.05, 0) is 94.8 Å². The third kappa shape index (κ3) is 5.01. The number of aryl methyl sites for hydroxylation is 1. The summed E-state index contributed by atoms with van der Waals surface area (Å²) in [5.74, 6) is -0.648. The van der Waals surface area contributed by atoms with Gasteiger partial charge >= 0.3 is 13.1 Å². The lowest BCUT2D eigenvalue weighted by molar-refractivity contribution is 0.00578. The predicted octanol–water partition coefficient (Wildman–Crippen LogP) is 6.09. The fourth-order valence-corrected chi connectivity index (χ4v) is 4.93. The molecule has 0 radical (unpaired) electrons. The number of H-pyrrole nitrogens is 1. The zero-order valence-corrected chi connectivity index (χ0v) is 22.8. The lowest BCUT2D eigenvalue weighted by Crippen LogP contribution is -2.41. The van der Waals surface area contributed by atoms with Gasteiger partial charge in [0.25, 0.3) is 0 Å². The molecule has 9 heteroatoms. The molecule has 1 aliphatic rings. The number of carbonyl (C=O) groups is 1. The van der Waals surface area contributed by atoms with Gasteiger partial charge in [-0.25, -0.2) is 13.6 Å². The Morgan fingerprint density at radius 2 is 1.72 bits per heavy atom. The summed E-state index contributed by atoms with van der Waals surface area (Å²) in [4.78, 5) is 16.0. The van der Waals surface area contributed by atoms with Crippen LogP contribution in [-0.2, 0) is 20.5 Å². The van der Waals surface area contributed by atoms with Crippen molar-refractivity contribution < 1.29 is 32.4 Å². The standard InChI is InChI=1S/C30H32BF2NO5/c1-6-36-28(35)27-21(10-8-16-37-24-11-7-9-18-17-19(32)12-13-20(18)24)22-14-15-23(33)25(26(22)34-27)31-38-29(2,3)30(4,5)39-31/h7,9,11-15,17,34H,6,8,10,16H2,1-5H3. The van der Waals surface area contributed by atoms with E-state index >= 15 is 4.39 Å². The van der Waals surface area contributed by atoms with Crippen molar-refractivity contribution in [1.29, 1.82) is 0 Å². The first kappa shape index (κ1) is 27.2. The van der Waals surface area contributed by atoms with Gasteiger partial charge in [-0.15, -0.1) is 0 Å². The average molecular weight is 535 g/mol. The normalized spacial score (nSPS) is 16.2. The first-order valence-corrected chi connectivity index (χ1v) is 13.2. The van der Waals surface area contributed by atoms with Crippen molar-refractivity contribution >= 4 is 40.2 Å². The minimum absolute atomic E-state index is 0.205. The topological polar surface area (TPSA) is 69.8 Å². The molecule has 1 aromatic heterocycles. The molecule has 0 amide bonds. The highest BCUT2D eigenvalue weighted by Crippen LogP contribution is 2.38. The van der Waals surface area contributed by atoms with E-state index in [0.29, 0.717) is 41.7 Å². The Morgan fingerprint density at radius 1 is 1.00 bits per heavy atom. The molecular formula is C30H32BF2NO5. The summed E-state index contributed by atoms with van der Waals surface area (Å²) < 4.78 is 52.5. The molecule has 1 saturated heterocycles. The van der Waals surface area contributed by atoms with Crippen molar-refractivity contribution in [3.63, 3.8) is 0 Å². The Bertz CT molecular complexity index is 1530. The van der Waals surface area contributed by atoms with E-state index < -0.39 is 30.1 Å². The quantitative estimate of drug-likeness (QED) is 0.168. The number of esters is 1. The van der Waals surface area contributed by atoms with E-state index in [4.69, 9.17) is 18.8 Å². The number of hydrogen-bond donors (Lipinski definition) is 1. The Balaban J connectivity index is 1.44. The molecular weight excluding hydrogens is 503 g/mol. The molecule has 5 rings (SSSR count). The van der Waals surface area contributed by atoms with E-state index in [-0.39, 0.29) is 23.6 Å². The number of halogens is 2. The third-order valence-electron chi connectivity index (χ3n) is 7.67. The Kier molecular flexibility index (Phi) is 7.16. The van der Waals surface area contributed by atoms with Crippen molar-refractivity contribution in [3.05, 3.63) is 71.4 Å². The molecule has 0 atom stereocenters. The van der Waals surface area contributed by atoms with Crippen LogP contribution in [0.2, 0.25) is 0 Å². The molecule has 1 fully saturated rings. The van der Waals surface area contributed by atoms with E-state index in [1.165, 1.54) is 18.2 Å². The zero-order chi connectivity index (χ0) is 27.9. The van der Waals surface area contributed by atoms with Crippen molar-refractivity contribution in [1.82, 2.24) is 4.98 Å². The maximum Gasteiger partial charge on any atom is 0.500 e. The summed E-state index contributed by atoms with van der Waals surface area (Å²) in [7, 11) is -0.945. The smallest absolute Gasteiger partial charge is 0.493 e. The van der Waals surface area contributed by atoms with Crippen molar-refractivity contribution in [2.24, 2.45) is 0 Å². The van der Waals surface area contributed by atoms with Crippen LogP contribution in [0.3, 0.4) is 0 Å². The van der Waals surface area contributed by atoms with Crippen molar-refractivity contribution in [2.45, 2.75) is 58.7 Å². The van der Waals surface area contributed by atoms with Gasteiger partial charge in [-0.3, -0.25) is 0 Å². The van der Waals surface area contributed by atoms with E-state index in [2.05, 4.69) is 4.98 Å². The van der Waals surface area contributed by atoms with Gasteiger partial charge in [-0.2, -0.15) is 0 Å². The van der Waals surface area contributed by atoms with Gasteiger partial charge in [0.05, 0.1) is 24.4 Å². The fraction of sp³-hybridized carbons (Fsp3) is 0.367. The maximum absolute atomic E-state index is 15.3. The maximum atomic E-state index is 15.3. The zero-order valence-electron chi connectivity index (χ0n) is 22.8. The SMILES string of the molecule is CCOC(=O)c1[nH]c2c(B3OC(C)(C)C(C)(C)O3)c(F)ccc2c1CCCOc1cccc2cc(F)ccc12. The second kappa shape index (κ2) is 10.3. The number of ether oxygens (including phenoxy) is 2. The molecule has 3 aromatic carbocycles. The molecule has 0 unspecified atom stereocenters. The molecule has 0 aliphatic carbocycles. The highest BCUT2D eigenvalue weighted by atomic mass is 19.1. The van der Waals surface area contributed by atoms with Crippen LogP contribution in [0.5, 0.6) is 5.75 Å².